The fraction of sp³-hybridized carbons (Fsp3) is 0.467. The molecule has 0 aliphatic heterocycles. The van der Waals surface area contributed by atoms with E-state index in [1.807, 2.05) is 0 Å². The maximum atomic E-state index is 13.1. The first-order chi connectivity index (χ1) is 10.3. The summed E-state index contributed by atoms with van der Waals surface area (Å²) in [6, 6.07) is 4.58. The van der Waals surface area contributed by atoms with E-state index in [2.05, 4.69) is 5.92 Å². The number of halogens is 2. The van der Waals surface area contributed by atoms with Crippen molar-refractivity contribution in [2.24, 2.45) is 0 Å². The molecule has 0 unspecified atom stereocenters. The molecule has 122 valence electrons. The second kappa shape index (κ2) is 8.22. The highest BCUT2D eigenvalue weighted by Gasteiger charge is 2.24. The van der Waals surface area contributed by atoms with Crippen LogP contribution in [0.3, 0.4) is 0 Å². The van der Waals surface area contributed by atoms with Crippen LogP contribution in [0, 0.1) is 12.3 Å². The third-order valence-corrected chi connectivity index (χ3v) is 4.47. The molecule has 0 aliphatic rings. The molecule has 0 saturated carbocycles. The van der Waals surface area contributed by atoms with Crippen molar-refractivity contribution >= 4 is 9.84 Å². The summed E-state index contributed by atoms with van der Waals surface area (Å²) >= 11 is 0. The van der Waals surface area contributed by atoms with Crippen LogP contribution in [0.2, 0.25) is 0 Å². The summed E-state index contributed by atoms with van der Waals surface area (Å²) in [6.07, 6.45) is 4.99. The molecule has 7 heteroatoms. The Labute approximate surface area is 129 Å². The Bertz CT molecular complexity index is 598. The van der Waals surface area contributed by atoms with E-state index in [1.165, 1.54) is 12.1 Å². The zero-order chi connectivity index (χ0) is 16.6. The second-order valence-corrected chi connectivity index (χ2v) is 6.71. The van der Waals surface area contributed by atoms with Gasteiger partial charge in [0.1, 0.15) is 6.61 Å². The molecule has 0 bridgehead atoms. The van der Waals surface area contributed by atoms with Gasteiger partial charge in [0, 0.05) is 12.5 Å². The van der Waals surface area contributed by atoms with E-state index in [9.17, 15) is 17.2 Å². The Hall–Kier alpha value is -1.49. The topological polar surface area (TPSA) is 52.6 Å². The monoisotopic (exact) mass is 332 g/mol. The Kier molecular flexibility index (Phi) is 6.94. The normalized spacial score (nSPS) is 12.1. The SMILES string of the molecule is C#CCOCCOCCS(=O)(=O)c1ccc(C(C)(F)F)cc1. The molecule has 0 fully saturated rings. The van der Waals surface area contributed by atoms with Crippen LogP contribution in [-0.4, -0.2) is 40.6 Å². The van der Waals surface area contributed by atoms with Crippen LogP contribution in [0.15, 0.2) is 29.2 Å². The van der Waals surface area contributed by atoms with Crippen molar-refractivity contribution in [2.75, 3.05) is 32.2 Å². The molecule has 1 aromatic carbocycles. The third kappa shape index (κ3) is 6.10. The van der Waals surface area contributed by atoms with Crippen LogP contribution in [0.1, 0.15) is 12.5 Å². The predicted octanol–water partition coefficient (Wildman–Crippen LogP) is 2.24. The van der Waals surface area contributed by atoms with Crippen molar-refractivity contribution in [1.82, 2.24) is 0 Å². The van der Waals surface area contributed by atoms with Gasteiger partial charge >= 0.3 is 0 Å². The largest absolute Gasteiger partial charge is 0.378 e. The summed E-state index contributed by atoms with van der Waals surface area (Å²) in [7, 11) is -3.56. The molecule has 22 heavy (non-hydrogen) atoms. The number of terminal acetylenes is 1. The average molecular weight is 332 g/mol. The first kappa shape index (κ1) is 18.6. The van der Waals surface area contributed by atoms with Gasteiger partial charge in [-0.05, 0) is 12.1 Å². The van der Waals surface area contributed by atoms with Crippen LogP contribution >= 0.6 is 0 Å². The number of hydrogen-bond acceptors (Lipinski definition) is 4. The number of hydrogen-bond donors (Lipinski definition) is 0. The van der Waals surface area contributed by atoms with Gasteiger partial charge in [0.25, 0.3) is 5.92 Å². The Morgan fingerprint density at radius 1 is 1.14 bits per heavy atom. The van der Waals surface area contributed by atoms with E-state index in [1.54, 1.807) is 0 Å². The number of sulfone groups is 1. The first-order valence-electron chi connectivity index (χ1n) is 6.57. The molecule has 0 aromatic heterocycles. The summed E-state index contributed by atoms with van der Waals surface area (Å²) < 4.78 is 60.2. The zero-order valence-corrected chi connectivity index (χ0v) is 13.0. The van der Waals surface area contributed by atoms with E-state index in [0.29, 0.717) is 0 Å². The van der Waals surface area contributed by atoms with E-state index in [-0.39, 0.29) is 42.6 Å². The van der Waals surface area contributed by atoms with Crippen LogP contribution in [0.4, 0.5) is 8.78 Å². The van der Waals surface area contributed by atoms with E-state index < -0.39 is 15.8 Å². The summed E-state index contributed by atoms with van der Waals surface area (Å²) in [4.78, 5) is -0.00678. The minimum Gasteiger partial charge on any atom is -0.378 e. The van der Waals surface area contributed by atoms with Gasteiger partial charge in [0.05, 0.1) is 30.5 Å². The predicted molar refractivity (Wildman–Crippen MR) is 78.5 cm³/mol. The Morgan fingerprint density at radius 3 is 2.27 bits per heavy atom. The smallest absolute Gasteiger partial charge is 0.270 e. The van der Waals surface area contributed by atoms with E-state index >= 15 is 0 Å². The van der Waals surface area contributed by atoms with Crippen molar-refractivity contribution in [1.29, 1.82) is 0 Å². The maximum absolute atomic E-state index is 13.1. The quantitative estimate of drug-likeness (QED) is 0.514. The minimum absolute atomic E-state index is 0.00651. The van der Waals surface area contributed by atoms with Crippen molar-refractivity contribution in [3.05, 3.63) is 29.8 Å². The van der Waals surface area contributed by atoms with Gasteiger partial charge in [0.2, 0.25) is 0 Å². The lowest BCUT2D eigenvalue weighted by Crippen LogP contribution is -2.15. The molecule has 1 rings (SSSR count). The number of alkyl halides is 2. The van der Waals surface area contributed by atoms with E-state index in [0.717, 1.165) is 19.1 Å². The summed E-state index contributed by atoms with van der Waals surface area (Å²) in [5.74, 6) is -0.936. The average Bonchev–Trinajstić information content (AvgIpc) is 2.45. The highest BCUT2D eigenvalue weighted by atomic mass is 32.2. The molecule has 0 atom stereocenters. The number of ether oxygens (including phenoxy) is 2. The maximum Gasteiger partial charge on any atom is 0.270 e. The van der Waals surface area contributed by atoms with Gasteiger partial charge in [-0.15, -0.1) is 6.42 Å². The van der Waals surface area contributed by atoms with Gasteiger partial charge in [-0.2, -0.15) is 0 Å². The van der Waals surface area contributed by atoms with Crippen LogP contribution in [0.25, 0.3) is 0 Å². The minimum atomic E-state index is -3.56. The molecule has 4 nitrogen and oxygen atoms in total. The lowest BCUT2D eigenvalue weighted by atomic mass is 10.1. The summed E-state index contributed by atoms with van der Waals surface area (Å²) in [5.41, 5.74) is -0.228. The molecule has 0 spiro atoms. The molecular formula is C15H18F2O4S. The first-order valence-corrected chi connectivity index (χ1v) is 8.22. The van der Waals surface area contributed by atoms with Gasteiger partial charge < -0.3 is 9.47 Å². The molecule has 0 radical (unpaired) electrons. The molecule has 0 N–H and O–H groups in total. The highest BCUT2D eigenvalue weighted by molar-refractivity contribution is 7.91. The van der Waals surface area contributed by atoms with Crippen molar-refractivity contribution in [3.8, 4) is 12.3 Å². The van der Waals surface area contributed by atoms with Gasteiger partial charge in [-0.3, -0.25) is 0 Å². The lowest BCUT2D eigenvalue weighted by molar-refractivity contribution is 0.0174. The Morgan fingerprint density at radius 2 is 1.73 bits per heavy atom. The third-order valence-electron chi connectivity index (χ3n) is 2.77. The summed E-state index contributed by atoms with van der Waals surface area (Å²) in [5, 5.41) is 0. The lowest BCUT2D eigenvalue weighted by Gasteiger charge is -2.11. The van der Waals surface area contributed by atoms with Crippen molar-refractivity contribution in [2.45, 2.75) is 17.7 Å². The molecular weight excluding hydrogens is 314 g/mol. The van der Waals surface area contributed by atoms with Gasteiger partial charge in [0.15, 0.2) is 9.84 Å². The van der Waals surface area contributed by atoms with Crippen molar-refractivity contribution in [3.63, 3.8) is 0 Å². The fourth-order valence-electron chi connectivity index (χ4n) is 1.59. The van der Waals surface area contributed by atoms with Crippen LogP contribution in [0.5, 0.6) is 0 Å². The highest BCUT2D eigenvalue weighted by Crippen LogP contribution is 2.27. The Balaban J connectivity index is 2.48. The van der Waals surface area contributed by atoms with Gasteiger partial charge in [-0.1, -0.05) is 18.1 Å². The fourth-order valence-corrected chi connectivity index (χ4v) is 2.72. The molecule has 0 amide bonds. The molecule has 0 saturated heterocycles. The second-order valence-electron chi connectivity index (χ2n) is 4.60. The molecule has 0 aliphatic carbocycles. The van der Waals surface area contributed by atoms with Crippen LogP contribution < -0.4 is 0 Å². The molecule has 0 heterocycles. The standard InChI is InChI=1S/C15H18F2O4S/c1-3-8-20-9-10-21-11-12-22(18,19)14-6-4-13(5-7-14)15(2,16)17/h1,4-7H,8-12H2,2H3. The summed E-state index contributed by atoms with van der Waals surface area (Å²) in [6.45, 7) is 1.44. The number of rotatable bonds is 9. The zero-order valence-electron chi connectivity index (χ0n) is 12.2. The van der Waals surface area contributed by atoms with E-state index in [4.69, 9.17) is 15.9 Å². The molecule has 1 aromatic rings. The van der Waals surface area contributed by atoms with Crippen molar-refractivity contribution < 1.29 is 26.7 Å². The number of benzene rings is 1. The van der Waals surface area contributed by atoms with Crippen LogP contribution in [-0.2, 0) is 25.2 Å². The van der Waals surface area contributed by atoms with Gasteiger partial charge in [-0.25, -0.2) is 17.2 Å².